The standard InChI is InChI=1S/C16H19BrO.C14H12/c1-15(2)9-16(5-6-16)18-14-12(10-3-4-10)7-11(17)8-13(14)15;1-12(13-8-4-2-5-9-13)14-10-6-3-7-11-14/h7-8,10H,3-6,9H2,1-2H3;2-11H,1H2. The molecule has 3 aromatic carbocycles. The molecule has 164 valence electrons. The van der Waals surface area contributed by atoms with Crippen LogP contribution in [0.1, 0.15) is 74.1 Å². The summed E-state index contributed by atoms with van der Waals surface area (Å²) in [7, 11) is 0. The summed E-state index contributed by atoms with van der Waals surface area (Å²) >= 11 is 3.68. The number of halogens is 1. The van der Waals surface area contributed by atoms with Gasteiger partial charge >= 0.3 is 0 Å². The fourth-order valence-corrected chi connectivity index (χ4v) is 5.42. The van der Waals surface area contributed by atoms with Crippen LogP contribution in [0, 0.1) is 0 Å². The predicted octanol–water partition coefficient (Wildman–Crippen LogP) is 8.67. The van der Waals surface area contributed by atoms with Gasteiger partial charge in [-0.25, -0.2) is 0 Å². The molecule has 0 aromatic heterocycles. The highest BCUT2D eigenvalue weighted by atomic mass is 79.9. The molecule has 1 spiro atoms. The van der Waals surface area contributed by atoms with Gasteiger partial charge in [0.25, 0.3) is 0 Å². The molecule has 1 aliphatic heterocycles. The Labute approximate surface area is 200 Å². The Kier molecular flexibility index (Phi) is 5.53. The van der Waals surface area contributed by atoms with Crippen LogP contribution < -0.4 is 4.74 Å². The SMILES string of the molecule is C=C(c1ccccc1)c1ccccc1.CC1(C)CC2(CC2)Oc2c(C3CC3)cc(Br)cc21. The molecule has 0 bridgehead atoms. The van der Waals surface area contributed by atoms with E-state index in [1.54, 1.807) is 0 Å². The third-order valence-electron chi connectivity index (χ3n) is 6.96. The summed E-state index contributed by atoms with van der Waals surface area (Å²) in [6.45, 7) is 8.84. The summed E-state index contributed by atoms with van der Waals surface area (Å²) in [6, 6.07) is 25.0. The molecule has 0 saturated heterocycles. The van der Waals surface area contributed by atoms with Gasteiger partial charge in [0.2, 0.25) is 0 Å². The van der Waals surface area contributed by atoms with E-state index in [1.807, 2.05) is 36.4 Å². The minimum absolute atomic E-state index is 0.188. The van der Waals surface area contributed by atoms with Gasteiger partial charge in [-0.2, -0.15) is 0 Å². The Morgan fingerprint density at radius 3 is 1.97 bits per heavy atom. The molecular formula is C30H31BrO. The van der Waals surface area contributed by atoms with E-state index in [0.29, 0.717) is 0 Å². The van der Waals surface area contributed by atoms with Gasteiger partial charge in [-0.1, -0.05) is 97.0 Å². The Hall–Kier alpha value is -2.32. The summed E-state index contributed by atoms with van der Waals surface area (Å²) in [5.41, 5.74) is 6.74. The van der Waals surface area contributed by atoms with Crippen molar-refractivity contribution >= 4 is 21.5 Å². The first kappa shape index (κ1) is 21.5. The lowest BCUT2D eigenvalue weighted by Gasteiger charge is -2.39. The monoisotopic (exact) mass is 486 g/mol. The van der Waals surface area contributed by atoms with Gasteiger partial charge in [0.05, 0.1) is 0 Å². The van der Waals surface area contributed by atoms with Crippen LogP contribution in [0.25, 0.3) is 5.57 Å². The normalized spacial score (nSPS) is 19.2. The molecule has 2 heteroatoms. The lowest BCUT2D eigenvalue weighted by Crippen LogP contribution is -2.36. The quantitative estimate of drug-likeness (QED) is 0.359. The summed E-state index contributed by atoms with van der Waals surface area (Å²) < 4.78 is 7.65. The first-order valence-corrected chi connectivity index (χ1v) is 12.5. The van der Waals surface area contributed by atoms with Crippen molar-refractivity contribution < 1.29 is 4.74 Å². The largest absolute Gasteiger partial charge is 0.487 e. The number of benzene rings is 3. The minimum atomic E-state index is 0.188. The van der Waals surface area contributed by atoms with Gasteiger partial charge in [0.1, 0.15) is 11.4 Å². The van der Waals surface area contributed by atoms with Crippen LogP contribution in [-0.4, -0.2) is 5.60 Å². The first-order chi connectivity index (χ1) is 15.4. The highest BCUT2D eigenvalue weighted by molar-refractivity contribution is 9.10. The van der Waals surface area contributed by atoms with Crippen LogP contribution in [0.15, 0.2) is 83.8 Å². The number of hydrogen-bond donors (Lipinski definition) is 0. The fraction of sp³-hybridized carbons (Fsp3) is 0.333. The number of rotatable bonds is 3. The zero-order chi connectivity index (χ0) is 22.3. The molecular weight excluding hydrogens is 456 g/mol. The molecule has 2 aliphatic carbocycles. The van der Waals surface area contributed by atoms with Gasteiger partial charge in [0, 0.05) is 10.0 Å². The van der Waals surface area contributed by atoms with Crippen LogP contribution in [0.4, 0.5) is 0 Å². The van der Waals surface area contributed by atoms with Crippen molar-refractivity contribution in [1.82, 2.24) is 0 Å². The van der Waals surface area contributed by atoms with Crippen molar-refractivity contribution in [2.45, 2.75) is 62.9 Å². The Morgan fingerprint density at radius 2 is 1.47 bits per heavy atom. The van der Waals surface area contributed by atoms with Crippen molar-refractivity contribution in [2.75, 3.05) is 0 Å². The molecule has 0 unspecified atom stereocenters. The second kappa shape index (κ2) is 8.23. The zero-order valence-corrected chi connectivity index (χ0v) is 20.6. The van der Waals surface area contributed by atoms with E-state index in [0.717, 1.165) is 11.5 Å². The van der Waals surface area contributed by atoms with E-state index in [9.17, 15) is 0 Å². The smallest absolute Gasteiger partial charge is 0.127 e. The van der Waals surface area contributed by atoms with E-state index < -0.39 is 0 Å². The molecule has 3 aromatic rings. The van der Waals surface area contributed by atoms with E-state index in [2.05, 4.69) is 72.8 Å². The van der Waals surface area contributed by atoms with Crippen LogP contribution in [-0.2, 0) is 5.41 Å². The van der Waals surface area contributed by atoms with Gasteiger partial charge in [0.15, 0.2) is 0 Å². The van der Waals surface area contributed by atoms with Crippen LogP contribution >= 0.6 is 15.9 Å². The summed E-state index contributed by atoms with van der Waals surface area (Å²) in [6.07, 6.45) is 6.33. The topological polar surface area (TPSA) is 9.23 Å². The van der Waals surface area contributed by atoms with Crippen molar-refractivity contribution in [1.29, 1.82) is 0 Å². The molecule has 3 aliphatic rings. The van der Waals surface area contributed by atoms with Crippen molar-refractivity contribution in [3.05, 3.63) is 106 Å². The van der Waals surface area contributed by atoms with E-state index in [-0.39, 0.29) is 11.0 Å². The zero-order valence-electron chi connectivity index (χ0n) is 19.0. The fourth-order valence-electron chi connectivity index (χ4n) is 4.95. The first-order valence-electron chi connectivity index (χ1n) is 11.7. The molecule has 0 radical (unpaired) electrons. The van der Waals surface area contributed by atoms with Crippen LogP contribution in [0.2, 0.25) is 0 Å². The Balaban J connectivity index is 0.000000140. The molecule has 2 saturated carbocycles. The summed E-state index contributed by atoms with van der Waals surface area (Å²) in [5, 5.41) is 0. The van der Waals surface area contributed by atoms with Crippen LogP contribution in [0.5, 0.6) is 5.75 Å². The molecule has 1 nitrogen and oxygen atoms in total. The maximum absolute atomic E-state index is 6.43. The molecule has 2 fully saturated rings. The minimum Gasteiger partial charge on any atom is -0.487 e. The molecule has 0 amide bonds. The molecule has 0 atom stereocenters. The molecule has 32 heavy (non-hydrogen) atoms. The van der Waals surface area contributed by atoms with E-state index in [4.69, 9.17) is 4.74 Å². The van der Waals surface area contributed by atoms with E-state index in [1.165, 1.54) is 64.6 Å². The van der Waals surface area contributed by atoms with E-state index >= 15 is 0 Å². The second-order valence-electron chi connectivity index (χ2n) is 10.2. The van der Waals surface area contributed by atoms with Gasteiger partial charge < -0.3 is 4.74 Å². The molecule has 0 N–H and O–H groups in total. The summed E-state index contributed by atoms with van der Waals surface area (Å²) in [5.74, 6) is 1.98. The number of fused-ring (bicyclic) bond motifs is 1. The molecule has 6 rings (SSSR count). The number of hydrogen-bond acceptors (Lipinski definition) is 1. The third-order valence-corrected chi connectivity index (χ3v) is 7.42. The Morgan fingerprint density at radius 1 is 0.906 bits per heavy atom. The van der Waals surface area contributed by atoms with Gasteiger partial charge in [-0.3, -0.25) is 0 Å². The third kappa shape index (κ3) is 4.43. The lowest BCUT2D eigenvalue weighted by molar-refractivity contribution is 0.111. The average molecular weight is 487 g/mol. The van der Waals surface area contributed by atoms with Crippen molar-refractivity contribution in [3.8, 4) is 5.75 Å². The average Bonchev–Trinajstić information content (AvgIpc) is 3.73. The predicted molar refractivity (Wildman–Crippen MR) is 137 cm³/mol. The van der Waals surface area contributed by atoms with Crippen molar-refractivity contribution in [3.63, 3.8) is 0 Å². The number of ether oxygens (including phenoxy) is 1. The maximum atomic E-state index is 6.43. The maximum Gasteiger partial charge on any atom is 0.127 e. The second-order valence-corrected chi connectivity index (χ2v) is 11.1. The van der Waals surface area contributed by atoms with Crippen molar-refractivity contribution in [2.24, 2.45) is 0 Å². The van der Waals surface area contributed by atoms with Gasteiger partial charge in [-0.15, -0.1) is 0 Å². The van der Waals surface area contributed by atoms with Crippen LogP contribution in [0.3, 0.4) is 0 Å². The highest BCUT2D eigenvalue weighted by Crippen LogP contribution is 2.58. The highest BCUT2D eigenvalue weighted by Gasteiger charge is 2.54. The molecule has 1 heterocycles. The lowest BCUT2D eigenvalue weighted by atomic mass is 9.75. The van der Waals surface area contributed by atoms with Gasteiger partial charge in [-0.05, 0) is 77.8 Å². The summed E-state index contributed by atoms with van der Waals surface area (Å²) in [4.78, 5) is 0. The Bertz CT molecular complexity index is 1080.